The standard InChI is InChI=1S/C23H32N2O7/c26-20-12-23(27,7-11-29-20)15-25-8-4-16(5-9-25)13-30-22-21-18(31-17-6-10-28-14-17)2-1-3-19(21)32-24-22/h1-3,16-17,20,26-27H,4-15H2/t17-,20?,23?/m0/s1. The summed E-state index contributed by atoms with van der Waals surface area (Å²) in [5.74, 6) is 1.60. The van der Waals surface area contributed by atoms with Gasteiger partial charge in [-0.05, 0) is 49.1 Å². The van der Waals surface area contributed by atoms with E-state index in [-0.39, 0.29) is 12.5 Å². The van der Waals surface area contributed by atoms with E-state index in [1.54, 1.807) is 0 Å². The number of aliphatic hydroxyl groups is 2. The third kappa shape index (κ3) is 5.02. The van der Waals surface area contributed by atoms with Gasteiger partial charge in [0, 0.05) is 25.8 Å². The fourth-order valence-electron chi connectivity index (χ4n) is 4.86. The van der Waals surface area contributed by atoms with Crippen molar-refractivity contribution in [1.82, 2.24) is 10.1 Å². The van der Waals surface area contributed by atoms with Crippen molar-refractivity contribution in [3.63, 3.8) is 0 Å². The Morgan fingerprint density at radius 3 is 2.84 bits per heavy atom. The summed E-state index contributed by atoms with van der Waals surface area (Å²) >= 11 is 0. The van der Waals surface area contributed by atoms with Gasteiger partial charge in [0.1, 0.15) is 17.2 Å². The van der Waals surface area contributed by atoms with Gasteiger partial charge in [-0.15, -0.1) is 0 Å². The van der Waals surface area contributed by atoms with Gasteiger partial charge in [0.25, 0.3) is 5.88 Å². The number of β-amino-alcohol motifs (C(OH)–C–C–N with tert-alkyl or cyclic N) is 1. The monoisotopic (exact) mass is 448 g/mol. The molecule has 0 saturated carbocycles. The molecule has 0 aliphatic carbocycles. The Morgan fingerprint density at radius 1 is 1.19 bits per heavy atom. The fourth-order valence-corrected chi connectivity index (χ4v) is 4.86. The Labute approximate surface area is 187 Å². The topological polar surface area (TPSA) is 107 Å². The van der Waals surface area contributed by atoms with Gasteiger partial charge in [-0.3, -0.25) is 0 Å². The van der Waals surface area contributed by atoms with Gasteiger partial charge in [0.05, 0.1) is 32.0 Å². The third-order valence-electron chi connectivity index (χ3n) is 6.72. The number of hydrogen-bond acceptors (Lipinski definition) is 9. The van der Waals surface area contributed by atoms with Crippen molar-refractivity contribution in [2.24, 2.45) is 5.92 Å². The van der Waals surface area contributed by atoms with Crippen molar-refractivity contribution in [1.29, 1.82) is 0 Å². The average Bonchev–Trinajstić information content (AvgIpc) is 3.43. The molecule has 0 bridgehead atoms. The maximum atomic E-state index is 10.8. The van der Waals surface area contributed by atoms with E-state index in [1.165, 1.54) is 0 Å². The molecule has 2 unspecified atom stereocenters. The number of benzene rings is 1. The number of rotatable bonds is 7. The second kappa shape index (κ2) is 9.52. The predicted molar refractivity (Wildman–Crippen MR) is 115 cm³/mol. The van der Waals surface area contributed by atoms with Crippen LogP contribution in [0, 0.1) is 5.92 Å². The number of hydrogen-bond donors (Lipinski definition) is 2. The molecule has 2 aromatic rings. The molecule has 3 aliphatic heterocycles. The van der Waals surface area contributed by atoms with Crippen molar-refractivity contribution in [2.75, 3.05) is 46.1 Å². The van der Waals surface area contributed by atoms with Gasteiger partial charge >= 0.3 is 0 Å². The van der Waals surface area contributed by atoms with Crippen molar-refractivity contribution < 1.29 is 33.7 Å². The number of likely N-dealkylation sites (tertiary alicyclic amines) is 1. The van der Waals surface area contributed by atoms with Crippen LogP contribution in [-0.4, -0.2) is 84.3 Å². The quantitative estimate of drug-likeness (QED) is 0.657. The van der Waals surface area contributed by atoms with Gasteiger partial charge in [0.15, 0.2) is 11.9 Å². The summed E-state index contributed by atoms with van der Waals surface area (Å²) in [5, 5.41) is 25.4. The molecule has 3 saturated heterocycles. The molecule has 176 valence electrons. The van der Waals surface area contributed by atoms with Gasteiger partial charge in [-0.25, -0.2) is 0 Å². The van der Waals surface area contributed by atoms with E-state index in [2.05, 4.69) is 10.1 Å². The van der Waals surface area contributed by atoms with Crippen LogP contribution >= 0.6 is 0 Å². The Bertz CT molecular complexity index is 892. The number of piperidine rings is 1. The number of ether oxygens (including phenoxy) is 4. The molecule has 3 atom stereocenters. The van der Waals surface area contributed by atoms with Crippen LogP contribution in [0.5, 0.6) is 11.6 Å². The lowest BCUT2D eigenvalue weighted by atomic mass is 9.90. The molecule has 0 amide bonds. The Morgan fingerprint density at radius 2 is 2.06 bits per heavy atom. The highest BCUT2D eigenvalue weighted by molar-refractivity contribution is 5.88. The van der Waals surface area contributed by atoms with Crippen LogP contribution in [0.3, 0.4) is 0 Å². The molecule has 0 spiro atoms. The maximum absolute atomic E-state index is 10.8. The van der Waals surface area contributed by atoms with E-state index in [9.17, 15) is 10.2 Å². The fraction of sp³-hybridized carbons (Fsp3) is 0.696. The summed E-state index contributed by atoms with van der Waals surface area (Å²) in [5.41, 5.74) is -0.223. The summed E-state index contributed by atoms with van der Waals surface area (Å²) in [6, 6.07) is 5.67. The van der Waals surface area contributed by atoms with Crippen LogP contribution in [0.1, 0.15) is 32.1 Å². The van der Waals surface area contributed by atoms with E-state index in [1.807, 2.05) is 18.2 Å². The van der Waals surface area contributed by atoms with E-state index >= 15 is 0 Å². The van der Waals surface area contributed by atoms with Crippen molar-refractivity contribution in [2.45, 2.75) is 50.1 Å². The zero-order valence-corrected chi connectivity index (χ0v) is 18.3. The third-order valence-corrected chi connectivity index (χ3v) is 6.72. The zero-order chi connectivity index (χ0) is 22.0. The van der Waals surface area contributed by atoms with Crippen LogP contribution in [-0.2, 0) is 9.47 Å². The normalized spacial score (nSPS) is 30.1. The first kappa shape index (κ1) is 21.9. The molecule has 3 aliphatic rings. The first-order valence-electron chi connectivity index (χ1n) is 11.6. The lowest BCUT2D eigenvalue weighted by molar-refractivity contribution is -0.190. The van der Waals surface area contributed by atoms with Crippen molar-refractivity contribution in [3.05, 3.63) is 18.2 Å². The molecular formula is C23H32N2O7. The minimum absolute atomic E-state index is 0.0411. The van der Waals surface area contributed by atoms with Crippen LogP contribution in [0.2, 0.25) is 0 Å². The highest BCUT2D eigenvalue weighted by Gasteiger charge is 2.37. The average molecular weight is 449 g/mol. The summed E-state index contributed by atoms with van der Waals surface area (Å²) in [7, 11) is 0. The molecule has 9 nitrogen and oxygen atoms in total. The lowest BCUT2D eigenvalue weighted by Gasteiger charge is -2.40. The number of aromatic nitrogens is 1. The van der Waals surface area contributed by atoms with Gasteiger partial charge in [-0.2, -0.15) is 0 Å². The summed E-state index contributed by atoms with van der Waals surface area (Å²) in [6.07, 6.45) is 2.83. The van der Waals surface area contributed by atoms with Crippen molar-refractivity contribution in [3.8, 4) is 11.6 Å². The molecule has 32 heavy (non-hydrogen) atoms. The minimum atomic E-state index is -0.874. The first-order valence-corrected chi connectivity index (χ1v) is 11.6. The van der Waals surface area contributed by atoms with Gasteiger partial charge in [0.2, 0.25) is 0 Å². The summed E-state index contributed by atoms with van der Waals surface area (Å²) in [4.78, 5) is 2.27. The van der Waals surface area contributed by atoms with E-state index in [0.29, 0.717) is 50.2 Å². The highest BCUT2D eigenvalue weighted by atomic mass is 16.6. The highest BCUT2D eigenvalue weighted by Crippen LogP contribution is 2.35. The Balaban J connectivity index is 1.15. The molecule has 0 radical (unpaired) electrons. The lowest BCUT2D eigenvalue weighted by Crippen LogP contribution is -2.51. The second-order valence-corrected chi connectivity index (χ2v) is 9.25. The molecule has 9 heteroatoms. The van der Waals surface area contributed by atoms with Gasteiger partial charge < -0.3 is 38.6 Å². The largest absolute Gasteiger partial charge is 0.487 e. The van der Waals surface area contributed by atoms with Crippen LogP contribution in [0.25, 0.3) is 11.0 Å². The van der Waals surface area contributed by atoms with Crippen LogP contribution in [0.4, 0.5) is 0 Å². The van der Waals surface area contributed by atoms with Crippen molar-refractivity contribution >= 4 is 11.0 Å². The predicted octanol–water partition coefficient (Wildman–Crippen LogP) is 1.95. The number of aliphatic hydroxyl groups excluding tert-OH is 1. The molecule has 5 rings (SSSR count). The minimum Gasteiger partial charge on any atom is -0.487 e. The number of nitrogens with zero attached hydrogens (tertiary/aromatic N) is 2. The SMILES string of the molecule is OC1CC(O)(CN2CCC(COc3noc4cccc(O[C@H]5CCOC5)c34)CC2)CCO1. The molecular weight excluding hydrogens is 416 g/mol. The number of fused-ring (bicyclic) bond motifs is 1. The molecule has 3 fully saturated rings. The second-order valence-electron chi connectivity index (χ2n) is 9.25. The van der Waals surface area contributed by atoms with Crippen LogP contribution in [0.15, 0.2) is 22.7 Å². The van der Waals surface area contributed by atoms with Crippen LogP contribution < -0.4 is 9.47 Å². The molecule has 4 heterocycles. The molecule has 1 aromatic heterocycles. The smallest absolute Gasteiger partial charge is 0.265 e. The Hall–Kier alpha value is -1.91. The Kier molecular flexibility index (Phi) is 6.52. The summed E-state index contributed by atoms with van der Waals surface area (Å²) in [6.45, 7) is 4.63. The molecule has 1 aromatic carbocycles. The van der Waals surface area contributed by atoms with Gasteiger partial charge in [-0.1, -0.05) is 6.07 Å². The van der Waals surface area contributed by atoms with E-state index in [0.717, 1.165) is 50.1 Å². The van der Waals surface area contributed by atoms with E-state index in [4.69, 9.17) is 23.5 Å². The van der Waals surface area contributed by atoms with E-state index < -0.39 is 11.9 Å². The first-order chi connectivity index (χ1) is 15.6. The maximum Gasteiger partial charge on any atom is 0.265 e. The summed E-state index contributed by atoms with van der Waals surface area (Å²) < 4.78 is 28.2. The molecule has 2 N–H and O–H groups in total. The zero-order valence-electron chi connectivity index (χ0n) is 18.3.